The number of imide groups is 3. The van der Waals surface area contributed by atoms with Crippen molar-refractivity contribution in [3.8, 4) is 0 Å². The van der Waals surface area contributed by atoms with Gasteiger partial charge in [0.2, 0.25) is 5.91 Å². The topological polar surface area (TPSA) is 54.5 Å². The van der Waals surface area contributed by atoms with E-state index in [-0.39, 0.29) is 6.42 Å². The van der Waals surface area contributed by atoms with Crippen LogP contribution in [0.5, 0.6) is 0 Å². The van der Waals surface area contributed by atoms with Gasteiger partial charge in [0.1, 0.15) is 0 Å². The van der Waals surface area contributed by atoms with E-state index in [2.05, 4.69) is 13.2 Å². The molecule has 0 aliphatic carbocycles. The van der Waals surface area contributed by atoms with Crippen LogP contribution in [0.15, 0.2) is 25.3 Å². The lowest BCUT2D eigenvalue weighted by Gasteiger charge is -2.13. The number of rotatable bonds is 3. The third-order valence-electron chi connectivity index (χ3n) is 1.34. The predicted octanol–water partition coefficient (Wildman–Crippen LogP) is 0.650. The van der Waals surface area contributed by atoms with Gasteiger partial charge in [-0.15, -0.1) is 0 Å². The molecule has 0 aromatic heterocycles. The summed E-state index contributed by atoms with van der Waals surface area (Å²) in [5, 5.41) is 0. The van der Waals surface area contributed by atoms with Crippen molar-refractivity contribution in [2.75, 3.05) is 0 Å². The second kappa shape index (κ2) is 5.03. The van der Waals surface area contributed by atoms with Crippen molar-refractivity contribution in [2.45, 2.75) is 13.3 Å². The maximum Gasteiger partial charge on any atom is 0.259 e. The molecule has 0 fully saturated rings. The molecule has 0 spiro atoms. The van der Waals surface area contributed by atoms with Crippen LogP contribution < -0.4 is 0 Å². The van der Waals surface area contributed by atoms with Crippen LogP contribution in [0, 0.1) is 0 Å². The molecule has 0 unspecified atom stereocenters. The fourth-order valence-corrected chi connectivity index (χ4v) is 0.695. The second-order valence-electron chi connectivity index (χ2n) is 2.17. The Bertz CT molecular complexity index is 248. The zero-order valence-electron chi connectivity index (χ0n) is 7.45. The van der Waals surface area contributed by atoms with E-state index in [4.69, 9.17) is 0 Å². The quantitative estimate of drug-likeness (QED) is 0.601. The van der Waals surface area contributed by atoms with Gasteiger partial charge in [-0.1, -0.05) is 20.1 Å². The van der Waals surface area contributed by atoms with E-state index in [1.165, 1.54) is 0 Å². The maximum absolute atomic E-state index is 11.1. The standard InChI is InChI=1S/C9H11NO3/c1-4-7(11)10(8(12)5-2)9(13)6-3/h4-5H,1-2,6H2,3H3. The predicted molar refractivity (Wildman–Crippen MR) is 47.5 cm³/mol. The Kier molecular flexibility index (Phi) is 4.37. The highest BCUT2D eigenvalue weighted by atomic mass is 16.2. The number of amides is 3. The molecule has 0 bridgehead atoms. The maximum atomic E-state index is 11.1. The molecule has 0 atom stereocenters. The van der Waals surface area contributed by atoms with Gasteiger partial charge in [0.15, 0.2) is 0 Å². The van der Waals surface area contributed by atoms with E-state index in [9.17, 15) is 14.4 Å². The van der Waals surface area contributed by atoms with E-state index >= 15 is 0 Å². The first-order valence-electron chi connectivity index (χ1n) is 3.74. The highest BCUT2D eigenvalue weighted by molar-refractivity contribution is 6.16. The Hall–Kier alpha value is -1.71. The van der Waals surface area contributed by atoms with Crippen LogP contribution >= 0.6 is 0 Å². The van der Waals surface area contributed by atoms with Crippen molar-refractivity contribution < 1.29 is 14.4 Å². The molecule has 3 amide bonds. The Morgan fingerprint density at radius 2 is 1.54 bits per heavy atom. The minimum absolute atomic E-state index is 0.0825. The molecule has 0 radical (unpaired) electrons. The Labute approximate surface area is 76.5 Å². The van der Waals surface area contributed by atoms with E-state index in [0.717, 1.165) is 12.2 Å². The molecule has 0 aliphatic rings. The van der Waals surface area contributed by atoms with Gasteiger partial charge in [-0.25, -0.2) is 4.90 Å². The molecular weight excluding hydrogens is 170 g/mol. The summed E-state index contributed by atoms with van der Waals surface area (Å²) < 4.78 is 0. The molecule has 0 rings (SSSR count). The molecule has 0 aromatic carbocycles. The van der Waals surface area contributed by atoms with Gasteiger partial charge in [0.05, 0.1) is 0 Å². The number of nitrogens with zero attached hydrogens (tertiary/aromatic N) is 1. The van der Waals surface area contributed by atoms with Gasteiger partial charge in [-0.05, 0) is 12.2 Å². The summed E-state index contributed by atoms with van der Waals surface area (Å²) in [7, 11) is 0. The number of carbonyl (C=O) groups is 3. The van der Waals surface area contributed by atoms with Crippen molar-refractivity contribution in [2.24, 2.45) is 0 Å². The summed E-state index contributed by atoms with van der Waals surface area (Å²) in [6, 6.07) is 0. The third kappa shape index (κ3) is 2.66. The second-order valence-corrected chi connectivity index (χ2v) is 2.17. The molecule has 0 saturated carbocycles. The van der Waals surface area contributed by atoms with Gasteiger partial charge in [0, 0.05) is 6.42 Å². The minimum Gasteiger partial charge on any atom is -0.274 e. The van der Waals surface area contributed by atoms with Gasteiger partial charge in [-0.2, -0.15) is 0 Å². The molecule has 0 aromatic rings. The summed E-state index contributed by atoms with van der Waals surface area (Å²) >= 11 is 0. The molecular formula is C9H11NO3. The van der Waals surface area contributed by atoms with Gasteiger partial charge >= 0.3 is 0 Å². The summed E-state index contributed by atoms with van der Waals surface area (Å²) in [5.74, 6) is -2.01. The highest BCUT2D eigenvalue weighted by Gasteiger charge is 2.22. The van der Waals surface area contributed by atoms with Crippen molar-refractivity contribution in [3.05, 3.63) is 25.3 Å². The fourth-order valence-electron chi connectivity index (χ4n) is 0.695. The van der Waals surface area contributed by atoms with Crippen molar-refractivity contribution in [1.29, 1.82) is 0 Å². The first-order valence-corrected chi connectivity index (χ1v) is 3.74. The van der Waals surface area contributed by atoms with Crippen LogP contribution in [-0.4, -0.2) is 22.6 Å². The highest BCUT2D eigenvalue weighted by Crippen LogP contribution is 1.97. The lowest BCUT2D eigenvalue weighted by atomic mass is 10.3. The molecule has 4 nitrogen and oxygen atoms in total. The summed E-state index contributed by atoms with van der Waals surface area (Å²) in [4.78, 5) is 33.7. The summed E-state index contributed by atoms with van der Waals surface area (Å²) in [6.07, 6.45) is 1.91. The molecule has 4 heteroatoms. The molecule has 0 aliphatic heterocycles. The fraction of sp³-hybridized carbons (Fsp3) is 0.222. The SMILES string of the molecule is C=CC(=O)N(C(=O)C=C)C(=O)CC. The largest absolute Gasteiger partial charge is 0.274 e. The van der Waals surface area contributed by atoms with Crippen molar-refractivity contribution in [1.82, 2.24) is 4.90 Å². The lowest BCUT2D eigenvalue weighted by molar-refractivity contribution is -0.149. The van der Waals surface area contributed by atoms with Crippen LogP contribution in [0.4, 0.5) is 0 Å². The molecule has 0 saturated heterocycles. The van der Waals surface area contributed by atoms with E-state index in [1.807, 2.05) is 0 Å². The summed E-state index contributed by atoms with van der Waals surface area (Å²) in [5.41, 5.74) is 0. The zero-order valence-corrected chi connectivity index (χ0v) is 7.45. The average Bonchev–Trinajstić information content (AvgIpc) is 2.16. The zero-order chi connectivity index (χ0) is 10.4. The number of hydrogen-bond acceptors (Lipinski definition) is 3. The Morgan fingerprint density at radius 1 is 1.15 bits per heavy atom. The van der Waals surface area contributed by atoms with Crippen molar-refractivity contribution >= 4 is 17.7 Å². The third-order valence-corrected chi connectivity index (χ3v) is 1.34. The molecule has 0 heterocycles. The van der Waals surface area contributed by atoms with Crippen LogP contribution in [-0.2, 0) is 14.4 Å². The number of hydrogen-bond donors (Lipinski definition) is 0. The van der Waals surface area contributed by atoms with Gasteiger partial charge < -0.3 is 0 Å². The Balaban J connectivity index is 4.84. The van der Waals surface area contributed by atoms with E-state index in [0.29, 0.717) is 4.90 Å². The van der Waals surface area contributed by atoms with Crippen LogP contribution in [0.3, 0.4) is 0 Å². The molecule has 13 heavy (non-hydrogen) atoms. The van der Waals surface area contributed by atoms with Crippen LogP contribution in [0.1, 0.15) is 13.3 Å². The summed E-state index contributed by atoms with van der Waals surface area (Å²) in [6.45, 7) is 7.93. The lowest BCUT2D eigenvalue weighted by Crippen LogP contribution is -2.39. The number of carbonyl (C=O) groups excluding carboxylic acids is 3. The van der Waals surface area contributed by atoms with Gasteiger partial charge in [0.25, 0.3) is 11.8 Å². The Morgan fingerprint density at radius 3 is 1.77 bits per heavy atom. The first-order chi connectivity index (χ1) is 6.08. The van der Waals surface area contributed by atoms with E-state index in [1.54, 1.807) is 6.92 Å². The molecule has 0 N–H and O–H groups in total. The minimum atomic E-state index is -0.725. The molecule has 70 valence electrons. The van der Waals surface area contributed by atoms with Gasteiger partial charge in [-0.3, -0.25) is 14.4 Å². The normalized spacial score (nSPS) is 8.69. The average molecular weight is 181 g/mol. The van der Waals surface area contributed by atoms with Crippen LogP contribution in [0.25, 0.3) is 0 Å². The van der Waals surface area contributed by atoms with E-state index < -0.39 is 17.7 Å². The smallest absolute Gasteiger partial charge is 0.259 e. The van der Waals surface area contributed by atoms with Crippen LogP contribution in [0.2, 0.25) is 0 Å². The first kappa shape index (κ1) is 11.3. The van der Waals surface area contributed by atoms with Crippen molar-refractivity contribution in [3.63, 3.8) is 0 Å². The monoisotopic (exact) mass is 181 g/mol.